The Morgan fingerprint density at radius 3 is 2.40 bits per heavy atom. The van der Waals surface area contributed by atoms with E-state index in [-0.39, 0.29) is 18.9 Å². The molecule has 2 heterocycles. The number of nitrogens with one attached hydrogen (secondary N) is 1. The van der Waals surface area contributed by atoms with Crippen molar-refractivity contribution >= 4 is 11.6 Å². The van der Waals surface area contributed by atoms with E-state index < -0.39 is 17.6 Å². The number of amides is 1. The third-order valence-electron chi connectivity index (χ3n) is 6.21. The minimum absolute atomic E-state index is 0.0563. The predicted molar refractivity (Wildman–Crippen MR) is 125 cm³/mol. The summed E-state index contributed by atoms with van der Waals surface area (Å²) in [6, 6.07) is 11.1. The van der Waals surface area contributed by atoms with Gasteiger partial charge in [0.1, 0.15) is 11.5 Å². The second-order valence-corrected chi connectivity index (χ2v) is 8.60. The first-order valence-corrected chi connectivity index (χ1v) is 11.4. The van der Waals surface area contributed by atoms with E-state index in [9.17, 15) is 22.4 Å². The van der Waals surface area contributed by atoms with Crippen LogP contribution in [-0.2, 0) is 24.0 Å². The van der Waals surface area contributed by atoms with E-state index in [0.717, 1.165) is 29.1 Å². The molecular formula is C26H27F4N3O2. The summed E-state index contributed by atoms with van der Waals surface area (Å²) in [4.78, 5) is 15.5. The Bertz CT molecular complexity index is 1210. The van der Waals surface area contributed by atoms with Crippen LogP contribution in [-0.4, -0.2) is 36.8 Å². The van der Waals surface area contributed by atoms with Gasteiger partial charge in [-0.3, -0.25) is 4.79 Å². The molecule has 1 aliphatic heterocycles. The zero-order valence-electron chi connectivity index (χ0n) is 19.6. The number of carbonyl (C=O) groups is 1. The molecule has 1 N–H and O–H groups in total. The summed E-state index contributed by atoms with van der Waals surface area (Å²) in [6.07, 6.45) is -4.46. The maximum atomic E-state index is 13.8. The lowest BCUT2D eigenvalue weighted by molar-refractivity contribution is -0.137. The predicted octanol–water partition coefficient (Wildman–Crippen LogP) is 5.08. The number of aromatic nitrogens is 1. The highest BCUT2D eigenvalue weighted by Crippen LogP contribution is 2.33. The van der Waals surface area contributed by atoms with Crippen LogP contribution >= 0.6 is 0 Å². The van der Waals surface area contributed by atoms with E-state index >= 15 is 0 Å². The Morgan fingerprint density at radius 1 is 1.03 bits per heavy atom. The quantitative estimate of drug-likeness (QED) is 0.492. The summed E-state index contributed by atoms with van der Waals surface area (Å²) < 4.78 is 60.3. The lowest BCUT2D eigenvalue weighted by atomic mass is 10.1. The summed E-state index contributed by atoms with van der Waals surface area (Å²) in [5, 5.41) is 2.77. The van der Waals surface area contributed by atoms with Crippen LogP contribution < -0.4 is 10.2 Å². The number of hydrogen-bond acceptors (Lipinski definition) is 3. The van der Waals surface area contributed by atoms with Crippen LogP contribution in [0.1, 0.15) is 38.4 Å². The Hall–Kier alpha value is -3.33. The summed E-state index contributed by atoms with van der Waals surface area (Å²) in [7, 11) is 0. The Labute approximate surface area is 201 Å². The smallest absolute Gasteiger partial charge is 0.378 e. The number of rotatable bonds is 6. The molecule has 186 valence electrons. The van der Waals surface area contributed by atoms with Gasteiger partial charge in [0.25, 0.3) is 5.91 Å². The highest BCUT2D eigenvalue weighted by Gasteiger charge is 2.31. The number of morpholine rings is 1. The average Bonchev–Trinajstić information content (AvgIpc) is 3.07. The van der Waals surface area contributed by atoms with Gasteiger partial charge in [-0.2, -0.15) is 13.2 Å². The molecule has 2 aromatic carbocycles. The summed E-state index contributed by atoms with van der Waals surface area (Å²) in [5.74, 6) is -0.771. The molecule has 0 radical (unpaired) electrons. The molecule has 35 heavy (non-hydrogen) atoms. The van der Waals surface area contributed by atoms with Crippen LogP contribution in [0.5, 0.6) is 0 Å². The molecule has 0 spiro atoms. The standard InChI is InChI=1S/C26H27F4N3O2/c1-17-23(32-9-11-35-12-10-32)18(2)33(16-20-6-4-8-22(27)14-20)24(17)25(34)31-15-19-5-3-7-21(13-19)26(28,29)30/h3-8,13-14H,9-12,15-16H2,1-2H3,(H,31,34). The third-order valence-corrected chi connectivity index (χ3v) is 6.21. The van der Waals surface area contributed by atoms with E-state index in [1.54, 1.807) is 18.2 Å². The highest BCUT2D eigenvalue weighted by atomic mass is 19.4. The molecule has 1 amide bonds. The maximum absolute atomic E-state index is 13.8. The minimum Gasteiger partial charge on any atom is -0.378 e. The second kappa shape index (κ2) is 10.1. The number of nitrogens with zero attached hydrogens (tertiary/aromatic N) is 2. The van der Waals surface area contributed by atoms with Crippen molar-refractivity contribution in [2.45, 2.75) is 33.1 Å². The fraction of sp³-hybridized carbons (Fsp3) is 0.346. The third kappa shape index (κ3) is 5.51. The lowest BCUT2D eigenvalue weighted by Crippen LogP contribution is -2.36. The molecule has 1 fully saturated rings. The number of carbonyl (C=O) groups excluding carboxylic acids is 1. The van der Waals surface area contributed by atoms with Crippen LogP contribution in [0.25, 0.3) is 0 Å². The van der Waals surface area contributed by atoms with Gasteiger partial charge in [0.2, 0.25) is 0 Å². The topological polar surface area (TPSA) is 46.5 Å². The van der Waals surface area contributed by atoms with E-state index in [4.69, 9.17) is 4.74 Å². The van der Waals surface area contributed by atoms with Crippen LogP contribution in [0.15, 0.2) is 48.5 Å². The van der Waals surface area contributed by atoms with E-state index in [1.165, 1.54) is 18.2 Å². The van der Waals surface area contributed by atoms with Crippen molar-refractivity contribution in [3.63, 3.8) is 0 Å². The molecule has 9 heteroatoms. The molecule has 1 saturated heterocycles. The van der Waals surface area contributed by atoms with Gasteiger partial charge in [0, 0.05) is 37.4 Å². The van der Waals surface area contributed by atoms with E-state index in [1.807, 2.05) is 18.4 Å². The first kappa shape index (κ1) is 24.8. The van der Waals surface area contributed by atoms with Crippen molar-refractivity contribution < 1.29 is 27.1 Å². The van der Waals surface area contributed by atoms with Crippen LogP contribution in [0, 0.1) is 19.7 Å². The first-order valence-electron chi connectivity index (χ1n) is 11.4. The number of anilines is 1. The molecule has 3 aromatic rings. The monoisotopic (exact) mass is 489 g/mol. The average molecular weight is 490 g/mol. The second-order valence-electron chi connectivity index (χ2n) is 8.60. The van der Waals surface area contributed by atoms with Gasteiger partial charge in [0.05, 0.1) is 24.5 Å². The van der Waals surface area contributed by atoms with Crippen molar-refractivity contribution in [3.05, 3.63) is 88.0 Å². The zero-order valence-corrected chi connectivity index (χ0v) is 19.6. The molecule has 4 rings (SSSR count). The minimum atomic E-state index is -4.46. The van der Waals surface area contributed by atoms with Crippen LogP contribution in [0.4, 0.5) is 23.2 Å². The molecule has 1 aromatic heterocycles. The van der Waals surface area contributed by atoms with Gasteiger partial charge in [-0.15, -0.1) is 0 Å². The molecule has 5 nitrogen and oxygen atoms in total. The molecule has 0 saturated carbocycles. The number of hydrogen-bond donors (Lipinski definition) is 1. The summed E-state index contributed by atoms with van der Waals surface area (Å²) >= 11 is 0. The lowest BCUT2D eigenvalue weighted by Gasteiger charge is -2.29. The fourth-order valence-electron chi connectivity index (χ4n) is 4.57. The highest BCUT2D eigenvalue weighted by molar-refractivity contribution is 5.96. The number of alkyl halides is 3. The molecule has 0 atom stereocenters. The Kier molecular flexibility index (Phi) is 7.16. The normalized spacial score (nSPS) is 14.3. The molecule has 0 aliphatic carbocycles. The van der Waals surface area contributed by atoms with E-state index in [2.05, 4.69) is 10.2 Å². The van der Waals surface area contributed by atoms with Crippen LogP contribution in [0.2, 0.25) is 0 Å². The summed E-state index contributed by atoms with van der Waals surface area (Å²) in [5.41, 5.74) is 3.23. The summed E-state index contributed by atoms with van der Waals surface area (Å²) in [6.45, 7) is 6.50. The fourth-order valence-corrected chi connectivity index (χ4v) is 4.57. The Balaban J connectivity index is 1.66. The van der Waals surface area contributed by atoms with Gasteiger partial charge in [0.15, 0.2) is 0 Å². The van der Waals surface area contributed by atoms with Gasteiger partial charge in [-0.1, -0.05) is 24.3 Å². The number of halogens is 4. The number of ether oxygens (including phenoxy) is 1. The maximum Gasteiger partial charge on any atom is 0.416 e. The van der Waals surface area contributed by atoms with E-state index in [0.29, 0.717) is 43.1 Å². The zero-order chi connectivity index (χ0) is 25.2. The molecule has 0 unspecified atom stereocenters. The van der Waals surface area contributed by atoms with Crippen molar-refractivity contribution in [3.8, 4) is 0 Å². The van der Waals surface area contributed by atoms with Crippen LogP contribution in [0.3, 0.4) is 0 Å². The first-order chi connectivity index (χ1) is 16.6. The Morgan fingerprint density at radius 2 is 1.71 bits per heavy atom. The van der Waals surface area contributed by atoms with Gasteiger partial charge in [-0.05, 0) is 49.2 Å². The van der Waals surface area contributed by atoms with Gasteiger partial charge < -0.3 is 19.5 Å². The molecule has 0 bridgehead atoms. The van der Waals surface area contributed by atoms with Gasteiger partial charge >= 0.3 is 6.18 Å². The largest absolute Gasteiger partial charge is 0.416 e. The van der Waals surface area contributed by atoms with Crippen molar-refractivity contribution in [1.82, 2.24) is 9.88 Å². The van der Waals surface area contributed by atoms with Gasteiger partial charge in [-0.25, -0.2) is 4.39 Å². The van der Waals surface area contributed by atoms with Crippen molar-refractivity contribution in [2.75, 3.05) is 31.2 Å². The van der Waals surface area contributed by atoms with Crippen molar-refractivity contribution in [2.24, 2.45) is 0 Å². The molecule has 1 aliphatic rings. The number of benzene rings is 2. The van der Waals surface area contributed by atoms with Crippen molar-refractivity contribution in [1.29, 1.82) is 0 Å². The molecular weight excluding hydrogens is 462 g/mol. The SMILES string of the molecule is Cc1c(N2CCOCC2)c(C)n(Cc2cccc(F)c2)c1C(=O)NCc1cccc(C(F)(F)F)c1.